The molecule has 0 atom stereocenters. The van der Waals surface area contributed by atoms with Crippen LogP contribution in [0.4, 0.5) is 0 Å². The number of hydrogen-bond acceptors (Lipinski definition) is 22. The zero-order chi connectivity index (χ0) is 71.6. The van der Waals surface area contributed by atoms with Gasteiger partial charge in [0.1, 0.15) is 19.8 Å². The van der Waals surface area contributed by atoms with Crippen LogP contribution in [-0.2, 0) is 99.8 Å². The van der Waals surface area contributed by atoms with E-state index in [1.54, 1.807) is 0 Å². The van der Waals surface area contributed by atoms with E-state index in [4.69, 9.17) is 128 Å². The van der Waals surface area contributed by atoms with Gasteiger partial charge in [-0.2, -0.15) is 0 Å². The Labute approximate surface area is 583 Å². The number of halogens is 2. The van der Waals surface area contributed by atoms with Crippen molar-refractivity contribution in [2.75, 3.05) is 249 Å². The average molecular weight is 1430 g/mol. The van der Waals surface area contributed by atoms with Crippen LogP contribution in [0.25, 0.3) is 10.4 Å². The standard InChI is InChI=1S/C23H41ClN2O7.C19H38ClNO6.C9H19N3O3.C9H18O5.C5H6O2/c1-2-3-8-22(27)25-10-13-30-17-18-32-19-20-33-21-23(28)26-11-14-31-16-15-29-12-7-5-4-6-9-24;1-2-9-23-12-15-26-16-17-27-18-19(22)21-8-11-25-14-13-24-10-6-4-3-5-7-20;1-2-4-13-6-8-15-9-7-14-5-3-11-12-10;1-2-3-12-4-5-13-6-7-14-8-9(10)11;1-2-3-4-5(6)7/h1H,3-21H2,(H,25,27)(H,26,28);2-18H2,1H3,(H,21,22);2-9H2,1H3;2-8H2,1H3,(H,10,11);1H,3-4H2,(H,6,7). The lowest BCUT2D eigenvalue weighted by Gasteiger charge is -2.09. The molecule has 0 saturated carbocycles. The number of aliphatic carboxylic acids is 2. The molecule has 96 heavy (non-hydrogen) atoms. The van der Waals surface area contributed by atoms with Gasteiger partial charge in [0.05, 0.1) is 165 Å². The van der Waals surface area contributed by atoms with Gasteiger partial charge < -0.3 is 102 Å². The molecule has 0 saturated heterocycles. The van der Waals surface area contributed by atoms with Crippen molar-refractivity contribution in [3.8, 4) is 24.7 Å². The van der Waals surface area contributed by atoms with Gasteiger partial charge in [-0.3, -0.25) is 19.2 Å². The third-order valence-electron chi connectivity index (χ3n) is 10.9. The quantitative estimate of drug-likeness (QED) is 0.0106. The molecule has 0 spiro atoms. The summed E-state index contributed by atoms with van der Waals surface area (Å²) in [5, 5.41) is 27.7. The minimum absolute atomic E-state index is 0.0218. The molecule has 0 unspecified atom stereocenters. The fraction of sp³-hybridized carbons (Fsp3) is 0.862. The van der Waals surface area contributed by atoms with Crippen molar-refractivity contribution < 1.29 is 110 Å². The molecule has 29 nitrogen and oxygen atoms in total. The maximum Gasteiger partial charge on any atom is 0.329 e. The number of alkyl halides is 2. The van der Waals surface area contributed by atoms with Gasteiger partial charge in [-0.15, -0.1) is 47.9 Å². The largest absolute Gasteiger partial charge is 0.481 e. The van der Waals surface area contributed by atoms with Crippen LogP contribution in [0, 0.1) is 24.7 Å². The number of ether oxygens (including phenoxy) is 16. The van der Waals surface area contributed by atoms with E-state index in [2.05, 4.69) is 51.7 Å². The van der Waals surface area contributed by atoms with E-state index in [1.807, 2.05) is 6.92 Å². The van der Waals surface area contributed by atoms with Gasteiger partial charge in [0.2, 0.25) is 17.7 Å². The summed E-state index contributed by atoms with van der Waals surface area (Å²) in [6, 6.07) is 0. The van der Waals surface area contributed by atoms with Crippen LogP contribution < -0.4 is 16.0 Å². The number of carboxylic acids is 2. The van der Waals surface area contributed by atoms with Gasteiger partial charge in [0.25, 0.3) is 0 Å². The molecule has 0 aliphatic heterocycles. The molecular weight excluding hydrogens is 1300 g/mol. The molecule has 0 aromatic rings. The number of rotatable bonds is 70. The van der Waals surface area contributed by atoms with Gasteiger partial charge in [0.15, 0.2) is 0 Å². The highest BCUT2D eigenvalue weighted by atomic mass is 35.5. The fourth-order valence-electron chi connectivity index (χ4n) is 6.23. The van der Waals surface area contributed by atoms with Crippen molar-refractivity contribution >= 4 is 52.9 Å². The summed E-state index contributed by atoms with van der Waals surface area (Å²) in [5.41, 5.74) is 7.97. The van der Waals surface area contributed by atoms with E-state index >= 15 is 0 Å². The van der Waals surface area contributed by atoms with Crippen LogP contribution in [-0.4, -0.2) is 289 Å². The van der Waals surface area contributed by atoms with E-state index < -0.39 is 11.9 Å². The molecular formula is C65H122Cl2N6O23. The number of unbranched alkanes of at least 4 members (excludes halogenated alkanes) is 6. The first kappa shape index (κ1) is 100. The number of amides is 3. The number of carboxylic acid groups (broad SMARTS) is 2. The third-order valence-corrected chi connectivity index (χ3v) is 11.4. The Kier molecular flexibility index (Phi) is 102. The molecule has 3 amide bonds. The van der Waals surface area contributed by atoms with Gasteiger partial charge >= 0.3 is 11.9 Å². The van der Waals surface area contributed by atoms with Crippen LogP contribution in [0.2, 0.25) is 0 Å². The number of nitrogens with one attached hydrogen (secondary N) is 3. The van der Waals surface area contributed by atoms with E-state index in [0.717, 1.165) is 115 Å². The second-order valence-corrected chi connectivity index (χ2v) is 20.3. The number of carbonyl (C=O) groups is 5. The first-order valence-electron chi connectivity index (χ1n) is 33.4. The number of azide groups is 1. The van der Waals surface area contributed by atoms with Crippen molar-refractivity contribution in [2.24, 2.45) is 5.11 Å². The van der Waals surface area contributed by atoms with E-state index in [1.165, 1.54) is 0 Å². The number of hydrogen-bond donors (Lipinski definition) is 5. The lowest BCUT2D eigenvalue weighted by molar-refractivity contribution is -0.143. The molecule has 0 aromatic heterocycles. The third kappa shape index (κ3) is 111. The van der Waals surface area contributed by atoms with Gasteiger partial charge in [0, 0.05) is 95.1 Å². The second kappa shape index (κ2) is 97.1. The summed E-state index contributed by atoms with van der Waals surface area (Å²) in [7, 11) is 0. The van der Waals surface area contributed by atoms with Crippen LogP contribution in [0.15, 0.2) is 5.11 Å². The van der Waals surface area contributed by atoms with Crippen molar-refractivity contribution in [3.05, 3.63) is 10.4 Å². The van der Waals surface area contributed by atoms with Crippen LogP contribution in [0.5, 0.6) is 0 Å². The normalized spacial score (nSPS) is 10.4. The minimum atomic E-state index is -0.962. The minimum Gasteiger partial charge on any atom is -0.481 e. The number of carbonyl (C=O) groups excluding carboxylic acids is 3. The Bertz CT molecular complexity index is 1760. The predicted octanol–water partition coefficient (Wildman–Crippen LogP) is 6.68. The van der Waals surface area contributed by atoms with Crippen LogP contribution >= 0.6 is 23.2 Å². The molecule has 0 bridgehead atoms. The first-order valence-corrected chi connectivity index (χ1v) is 34.5. The summed E-state index contributed by atoms with van der Waals surface area (Å²) in [6.07, 6.45) is 22.9. The number of terminal acetylenes is 2. The lowest BCUT2D eigenvalue weighted by Crippen LogP contribution is -2.31. The van der Waals surface area contributed by atoms with Crippen molar-refractivity contribution in [1.82, 2.24) is 16.0 Å². The highest BCUT2D eigenvalue weighted by molar-refractivity contribution is 6.18. The van der Waals surface area contributed by atoms with E-state index in [0.29, 0.717) is 204 Å². The molecule has 31 heteroatoms. The Morgan fingerprint density at radius 1 is 0.365 bits per heavy atom. The van der Waals surface area contributed by atoms with Gasteiger partial charge in [-0.25, -0.2) is 4.79 Å². The summed E-state index contributed by atoms with van der Waals surface area (Å²) in [4.78, 5) is 56.8. The van der Waals surface area contributed by atoms with Gasteiger partial charge in [-0.05, 0) is 50.5 Å². The smallest absolute Gasteiger partial charge is 0.329 e. The average Bonchev–Trinajstić information content (AvgIpc) is 3.75. The zero-order valence-electron chi connectivity index (χ0n) is 58.2. The number of nitrogens with zero attached hydrogens (tertiary/aromatic N) is 3. The monoisotopic (exact) mass is 1420 g/mol. The summed E-state index contributed by atoms with van der Waals surface area (Å²) < 4.78 is 84.1. The molecule has 0 aliphatic carbocycles. The molecule has 0 aliphatic rings. The fourth-order valence-corrected chi connectivity index (χ4v) is 6.60. The zero-order valence-corrected chi connectivity index (χ0v) is 59.7. The Hall–Kier alpha value is -4.28. The molecule has 0 aromatic carbocycles. The molecule has 0 fully saturated rings. The van der Waals surface area contributed by atoms with Crippen LogP contribution in [0.1, 0.15) is 117 Å². The summed E-state index contributed by atoms with van der Waals surface area (Å²) in [6.45, 7) is 23.0. The molecule has 0 radical (unpaired) electrons. The molecule has 5 N–H and O–H groups in total. The van der Waals surface area contributed by atoms with Crippen molar-refractivity contribution in [2.45, 2.75) is 117 Å². The Morgan fingerprint density at radius 3 is 0.948 bits per heavy atom. The molecule has 0 rings (SSSR count). The van der Waals surface area contributed by atoms with E-state index in [-0.39, 0.29) is 44.0 Å². The van der Waals surface area contributed by atoms with Gasteiger partial charge in [-0.1, -0.05) is 51.6 Å². The first-order chi connectivity index (χ1) is 47.0. The molecule has 564 valence electrons. The topological polar surface area (TPSA) is 358 Å². The van der Waals surface area contributed by atoms with E-state index in [9.17, 15) is 24.0 Å². The highest BCUT2D eigenvalue weighted by Crippen LogP contribution is 2.02. The molecule has 0 heterocycles. The lowest BCUT2D eigenvalue weighted by atomic mass is 10.2. The predicted molar refractivity (Wildman–Crippen MR) is 367 cm³/mol. The highest BCUT2D eigenvalue weighted by Gasteiger charge is 2.04. The summed E-state index contributed by atoms with van der Waals surface area (Å²) in [5.74, 6) is 3.87. The van der Waals surface area contributed by atoms with Crippen molar-refractivity contribution in [3.63, 3.8) is 0 Å². The van der Waals surface area contributed by atoms with Crippen molar-refractivity contribution in [1.29, 1.82) is 0 Å². The SMILES string of the molecule is C#CCCC(=O)NCCOCCOCCOCC(=O)NCCOCCOCCCCCCCl.C#CCCC(=O)O.CCCOCCOCCOCC(=O)NCCOCCOCCCCCCCl.CCCOCCOCCOCC(=O)O.CCCOCCOCCOCCN=[N+]=[N-]. The summed E-state index contributed by atoms with van der Waals surface area (Å²) >= 11 is 11.2. The Morgan fingerprint density at radius 2 is 0.646 bits per heavy atom. The second-order valence-electron chi connectivity index (χ2n) is 19.5. The maximum absolute atomic E-state index is 11.6. The Balaban J connectivity index is -0.000000389. The van der Waals surface area contributed by atoms with Crippen LogP contribution in [0.3, 0.4) is 0 Å². The maximum atomic E-state index is 11.6.